The molecule has 26 heavy (non-hydrogen) atoms. The van der Waals surface area contributed by atoms with Crippen molar-refractivity contribution in [3.05, 3.63) is 29.3 Å². The maximum absolute atomic E-state index is 12.8. The third-order valence-corrected chi connectivity index (χ3v) is 5.95. The van der Waals surface area contributed by atoms with Gasteiger partial charge in [-0.05, 0) is 43.0 Å². The van der Waals surface area contributed by atoms with Crippen molar-refractivity contribution >= 4 is 33.2 Å². The molecule has 7 heteroatoms. The number of unbranched alkanes of at least 4 members (excludes halogenated alkanes) is 1. The van der Waals surface area contributed by atoms with E-state index in [0.717, 1.165) is 31.9 Å². The molecule has 0 bridgehead atoms. The third-order valence-electron chi connectivity index (χ3n) is 4.52. The van der Waals surface area contributed by atoms with E-state index < -0.39 is 16.1 Å². The highest BCUT2D eigenvalue weighted by Crippen LogP contribution is 2.24. The minimum Gasteiger partial charge on any atom is -0.354 e. The van der Waals surface area contributed by atoms with Crippen molar-refractivity contribution in [2.45, 2.75) is 58.9 Å². The minimum absolute atomic E-state index is 0.261. The SMILES string of the molecule is CCCC[C@H](CC)CNC(=O)[C@@H](CC)N(c1ccc(Cl)cc1)S(C)(=O)=O. The molecular formula is C19H31ClN2O3S. The van der Waals surface area contributed by atoms with Gasteiger partial charge in [0.25, 0.3) is 0 Å². The van der Waals surface area contributed by atoms with Gasteiger partial charge in [-0.15, -0.1) is 0 Å². The smallest absolute Gasteiger partial charge is 0.243 e. The fraction of sp³-hybridized carbons (Fsp3) is 0.632. The van der Waals surface area contributed by atoms with Crippen LogP contribution in [0.15, 0.2) is 24.3 Å². The number of hydrogen-bond acceptors (Lipinski definition) is 3. The molecular weight excluding hydrogens is 372 g/mol. The number of anilines is 1. The maximum atomic E-state index is 12.8. The highest BCUT2D eigenvalue weighted by atomic mass is 35.5. The Morgan fingerprint density at radius 2 is 1.77 bits per heavy atom. The Morgan fingerprint density at radius 1 is 1.15 bits per heavy atom. The summed E-state index contributed by atoms with van der Waals surface area (Å²) in [4.78, 5) is 12.8. The largest absolute Gasteiger partial charge is 0.354 e. The van der Waals surface area contributed by atoms with Crippen LogP contribution in [0.2, 0.25) is 5.02 Å². The normalized spacial score (nSPS) is 13.9. The highest BCUT2D eigenvalue weighted by molar-refractivity contribution is 7.92. The number of amides is 1. The van der Waals surface area contributed by atoms with Gasteiger partial charge in [0, 0.05) is 11.6 Å². The van der Waals surface area contributed by atoms with Gasteiger partial charge in [0.05, 0.1) is 11.9 Å². The fourth-order valence-electron chi connectivity index (χ4n) is 2.95. The Morgan fingerprint density at radius 3 is 2.23 bits per heavy atom. The summed E-state index contributed by atoms with van der Waals surface area (Å²) in [5.74, 6) is 0.154. The monoisotopic (exact) mass is 402 g/mol. The Hall–Kier alpha value is -1.27. The van der Waals surface area contributed by atoms with E-state index in [0.29, 0.717) is 29.6 Å². The predicted octanol–water partition coefficient (Wildman–Crippen LogP) is 4.22. The predicted molar refractivity (Wildman–Crippen MR) is 109 cm³/mol. The van der Waals surface area contributed by atoms with Crippen LogP contribution in [0.4, 0.5) is 5.69 Å². The zero-order valence-corrected chi connectivity index (χ0v) is 17.7. The van der Waals surface area contributed by atoms with Crippen LogP contribution in [0, 0.1) is 5.92 Å². The summed E-state index contributed by atoms with van der Waals surface area (Å²) < 4.78 is 25.9. The van der Waals surface area contributed by atoms with Crippen LogP contribution in [0.25, 0.3) is 0 Å². The minimum atomic E-state index is -3.62. The van der Waals surface area contributed by atoms with Gasteiger partial charge in [-0.1, -0.05) is 51.6 Å². The van der Waals surface area contributed by atoms with E-state index in [2.05, 4.69) is 19.2 Å². The molecule has 0 saturated carbocycles. The van der Waals surface area contributed by atoms with Gasteiger partial charge in [0.2, 0.25) is 15.9 Å². The van der Waals surface area contributed by atoms with Gasteiger partial charge in [-0.2, -0.15) is 0 Å². The summed E-state index contributed by atoms with van der Waals surface area (Å²) in [5.41, 5.74) is 0.442. The molecule has 0 heterocycles. The average molecular weight is 403 g/mol. The van der Waals surface area contributed by atoms with Gasteiger partial charge >= 0.3 is 0 Å². The molecule has 1 aromatic carbocycles. The number of nitrogens with one attached hydrogen (secondary N) is 1. The van der Waals surface area contributed by atoms with Crippen molar-refractivity contribution in [1.29, 1.82) is 0 Å². The van der Waals surface area contributed by atoms with E-state index in [1.165, 1.54) is 4.31 Å². The first-order valence-corrected chi connectivity index (χ1v) is 11.5. The van der Waals surface area contributed by atoms with Crippen molar-refractivity contribution in [2.75, 3.05) is 17.1 Å². The molecule has 0 unspecified atom stereocenters. The Kier molecular flexibility index (Phi) is 9.44. The molecule has 0 saturated heterocycles. The summed E-state index contributed by atoms with van der Waals surface area (Å²) in [6, 6.07) is 5.70. The number of halogens is 1. The van der Waals surface area contributed by atoms with Crippen LogP contribution in [0.3, 0.4) is 0 Å². The molecule has 0 radical (unpaired) electrons. The van der Waals surface area contributed by atoms with Gasteiger partial charge in [0.15, 0.2) is 0 Å². The number of benzene rings is 1. The Labute approximate surface area is 163 Å². The van der Waals surface area contributed by atoms with E-state index in [9.17, 15) is 13.2 Å². The number of hydrogen-bond donors (Lipinski definition) is 1. The number of rotatable bonds is 11. The van der Waals surface area contributed by atoms with Crippen molar-refractivity contribution in [1.82, 2.24) is 5.32 Å². The molecule has 2 atom stereocenters. The Bertz CT molecular complexity index is 662. The van der Waals surface area contributed by atoms with Crippen LogP contribution in [-0.2, 0) is 14.8 Å². The highest BCUT2D eigenvalue weighted by Gasteiger charge is 2.31. The lowest BCUT2D eigenvalue weighted by atomic mass is 9.99. The lowest BCUT2D eigenvalue weighted by Crippen LogP contribution is -2.50. The summed E-state index contributed by atoms with van der Waals surface area (Å²) in [7, 11) is -3.62. The lowest BCUT2D eigenvalue weighted by Gasteiger charge is -2.30. The molecule has 0 aliphatic rings. The first kappa shape index (κ1) is 22.8. The van der Waals surface area contributed by atoms with Crippen LogP contribution in [0.1, 0.15) is 52.9 Å². The van der Waals surface area contributed by atoms with Gasteiger partial charge in [-0.3, -0.25) is 9.10 Å². The zero-order chi connectivity index (χ0) is 19.7. The fourth-order valence-corrected chi connectivity index (χ4v) is 4.29. The molecule has 0 spiro atoms. The molecule has 5 nitrogen and oxygen atoms in total. The van der Waals surface area contributed by atoms with Gasteiger partial charge in [-0.25, -0.2) is 8.42 Å². The summed E-state index contributed by atoms with van der Waals surface area (Å²) in [5, 5.41) is 3.47. The molecule has 1 rings (SSSR count). The van der Waals surface area contributed by atoms with Gasteiger partial charge in [0.1, 0.15) is 6.04 Å². The molecule has 0 aromatic heterocycles. The van der Waals surface area contributed by atoms with E-state index >= 15 is 0 Å². The summed E-state index contributed by atoms with van der Waals surface area (Å²) in [6.45, 7) is 6.64. The zero-order valence-electron chi connectivity index (χ0n) is 16.2. The summed E-state index contributed by atoms with van der Waals surface area (Å²) in [6.07, 6.45) is 5.81. The Balaban J connectivity index is 2.96. The number of carbonyl (C=O) groups is 1. The summed E-state index contributed by atoms with van der Waals surface area (Å²) >= 11 is 5.90. The van der Waals surface area contributed by atoms with Crippen molar-refractivity contribution in [2.24, 2.45) is 5.92 Å². The quantitative estimate of drug-likeness (QED) is 0.602. The maximum Gasteiger partial charge on any atom is 0.243 e. The second-order valence-corrected chi connectivity index (χ2v) is 8.92. The average Bonchev–Trinajstić information content (AvgIpc) is 2.59. The first-order chi connectivity index (χ1) is 12.2. The molecule has 148 valence electrons. The number of nitrogens with zero attached hydrogens (tertiary/aromatic N) is 1. The third kappa shape index (κ3) is 6.80. The second-order valence-electron chi connectivity index (χ2n) is 6.62. The van der Waals surface area contributed by atoms with Gasteiger partial charge < -0.3 is 5.32 Å². The standard InChI is InChI=1S/C19H31ClN2O3S/c1-5-8-9-15(6-2)14-21-19(23)18(7-3)22(26(4,24)25)17-12-10-16(20)11-13-17/h10-13,15,18H,5-9,14H2,1-4H3,(H,21,23)/t15-,18+/m0/s1. The molecule has 1 amide bonds. The van der Waals surface area contributed by atoms with Crippen LogP contribution >= 0.6 is 11.6 Å². The molecule has 0 aliphatic heterocycles. The van der Waals surface area contributed by atoms with E-state index in [1.54, 1.807) is 24.3 Å². The molecule has 0 fully saturated rings. The van der Waals surface area contributed by atoms with Crippen LogP contribution in [-0.4, -0.2) is 33.2 Å². The van der Waals surface area contributed by atoms with Crippen LogP contribution in [0.5, 0.6) is 0 Å². The van der Waals surface area contributed by atoms with E-state index in [-0.39, 0.29) is 5.91 Å². The van der Waals surface area contributed by atoms with Crippen molar-refractivity contribution in [3.8, 4) is 0 Å². The van der Waals surface area contributed by atoms with E-state index in [4.69, 9.17) is 11.6 Å². The van der Waals surface area contributed by atoms with E-state index in [1.807, 2.05) is 6.92 Å². The van der Waals surface area contributed by atoms with Crippen molar-refractivity contribution < 1.29 is 13.2 Å². The first-order valence-electron chi connectivity index (χ1n) is 9.27. The number of sulfonamides is 1. The number of carbonyl (C=O) groups excluding carboxylic acids is 1. The lowest BCUT2D eigenvalue weighted by molar-refractivity contribution is -0.122. The topological polar surface area (TPSA) is 66.5 Å². The molecule has 1 N–H and O–H groups in total. The van der Waals surface area contributed by atoms with Crippen molar-refractivity contribution in [3.63, 3.8) is 0 Å². The van der Waals surface area contributed by atoms with Crippen LogP contribution < -0.4 is 9.62 Å². The molecule has 0 aliphatic carbocycles. The second kappa shape index (κ2) is 10.8. The molecule has 1 aromatic rings.